The number of benzene rings is 2. The Balaban J connectivity index is 1.65. The van der Waals surface area contributed by atoms with Gasteiger partial charge in [0.05, 0.1) is 28.6 Å². The standard InChI is InChI=1S/C29H40N8O5S2/c30-16-8-2-5-13-22(26(39)28-36-21-12-6-7-15-24(21)43-28)35-25(38)18-34-27(40)23(14-9-17-33-29(31)32)37-44(41,42)19-20-10-3-1-4-11-20/h1,3-4,6-7,10-12,15,22-23,37H,2,5,8-9,13-14,16-19,30H2,(H,34,40)(H,35,38)(H4,31,32,33)/t22-,23+/m0/s1. The van der Waals surface area contributed by atoms with Crippen LogP contribution >= 0.6 is 11.3 Å². The second-order valence-electron chi connectivity index (χ2n) is 10.2. The van der Waals surface area contributed by atoms with E-state index in [9.17, 15) is 22.8 Å². The third-order valence-electron chi connectivity index (χ3n) is 6.56. The van der Waals surface area contributed by atoms with Gasteiger partial charge in [-0.25, -0.2) is 18.1 Å². The van der Waals surface area contributed by atoms with Gasteiger partial charge >= 0.3 is 0 Å². The molecule has 0 bridgehead atoms. The molecule has 13 nitrogen and oxygen atoms in total. The maximum atomic E-state index is 13.4. The molecule has 0 saturated carbocycles. The Morgan fingerprint density at radius 1 is 0.909 bits per heavy atom. The van der Waals surface area contributed by atoms with Crippen molar-refractivity contribution in [2.24, 2.45) is 22.2 Å². The maximum absolute atomic E-state index is 13.4. The van der Waals surface area contributed by atoms with Crippen molar-refractivity contribution >= 4 is 55.1 Å². The summed E-state index contributed by atoms with van der Waals surface area (Å²) in [4.78, 5) is 47.7. The number of fused-ring (bicyclic) bond motifs is 1. The summed E-state index contributed by atoms with van der Waals surface area (Å²) in [7, 11) is -3.91. The Hall–Kier alpha value is -3.92. The molecular weight excluding hydrogens is 605 g/mol. The molecule has 0 aliphatic heterocycles. The van der Waals surface area contributed by atoms with Crippen LogP contribution in [0.4, 0.5) is 0 Å². The van der Waals surface area contributed by atoms with E-state index in [4.69, 9.17) is 17.2 Å². The minimum atomic E-state index is -3.91. The normalized spacial score (nSPS) is 12.8. The summed E-state index contributed by atoms with van der Waals surface area (Å²) in [6.45, 7) is 0.250. The lowest BCUT2D eigenvalue weighted by Gasteiger charge is -2.20. The monoisotopic (exact) mass is 644 g/mol. The first-order valence-corrected chi connectivity index (χ1v) is 16.8. The van der Waals surface area contributed by atoms with E-state index in [-0.39, 0.29) is 35.5 Å². The lowest BCUT2D eigenvalue weighted by Crippen LogP contribution is -2.51. The summed E-state index contributed by atoms with van der Waals surface area (Å²) in [6, 6.07) is 13.9. The zero-order chi connectivity index (χ0) is 32.0. The van der Waals surface area contributed by atoms with E-state index in [1.165, 1.54) is 11.3 Å². The van der Waals surface area contributed by atoms with Gasteiger partial charge in [0.2, 0.25) is 27.6 Å². The first kappa shape index (κ1) is 34.6. The molecule has 1 heterocycles. The number of hydrogen-bond acceptors (Lipinski definition) is 9. The van der Waals surface area contributed by atoms with E-state index in [2.05, 4.69) is 25.3 Å². The number of unbranched alkanes of at least 4 members (excludes halogenated alkanes) is 2. The molecule has 0 spiro atoms. The number of guanidine groups is 1. The number of aliphatic imine (C=N–C) groups is 1. The van der Waals surface area contributed by atoms with Crippen LogP contribution in [0.15, 0.2) is 59.6 Å². The minimum Gasteiger partial charge on any atom is -0.370 e. The Morgan fingerprint density at radius 3 is 2.32 bits per heavy atom. The third kappa shape index (κ3) is 11.6. The molecule has 3 rings (SSSR count). The van der Waals surface area contributed by atoms with Crippen molar-refractivity contribution in [2.45, 2.75) is 56.4 Å². The van der Waals surface area contributed by atoms with Gasteiger partial charge in [0.15, 0.2) is 11.0 Å². The van der Waals surface area contributed by atoms with E-state index >= 15 is 0 Å². The predicted octanol–water partition coefficient (Wildman–Crippen LogP) is 1.14. The summed E-state index contributed by atoms with van der Waals surface area (Å²) in [5.41, 5.74) is 17.6. The van der Waals surface area contributed by atoms with Crippen molar-refractivity contribution in [1.29, 1.82) is 0 Å². The zero-order valence-electron chi connectivity index (χ0n) is 24.4. The number of hydrogen-bond donors (Lipinski definition) is 6. The second kappa shape index (κ2) is 17.4. The van der Waals surface area contributed by atoms with Crippen molar-refractivity contribution in [3.8, 4) is 0 Å². The number of rotatable bonds is 19. The van der Waals surface area contributed by atoms with Gasteiger partial charge in [0.25, 0.3) is 0 Å². The minimum absolute atomic E-state index is 0.0815. The number of thiazole rings is 1. The number of carbonyl (C=O) groups is 3. The number of sulfonamides is 1. The van der Waals surface area contributed by atoms with E-state index in [1.54, 1.807) is 30.3 Å². The lowest BCUT2D eigenvalue weighted by molar-refractivity contribution is -0.127. The molecule has 0 unspecified atom stereocenters. The maximum Gasteiger partial charge on any atom is 0.239 e. The van der Waals surface area contributed by atoms with E-state index in [0.717, 1.165) is 17.5 Å². The highest BCUT2D eigenvalue weighted by Gasteiger charge is 2.27. The van der Waals surface area contributed by atoms with Crippen LogP contribution in [0.3, 0.4) is 0 Å². The number of Topliss-reactive ketones (excluding diaryl/α,β-unsaturated/α-hetero) is 1. The van der Waals surface area contributed by atoms with Crippen molar-refractivity contribution < 1.29 is 22.8 Å². The molecule has 9 N–H and O–H groups in total. The van der Waals surface area contributed by atoms with Gasteiger partial charge < -0.3 is 27.8 Å². The molecule has 0 aliphatic carbocycles. The van der Waals surface area contributed by atoms with Crippen LogP contribution < -0.4 is 32.6 Å². The lowest BCUT2D eigenvalue weighted by atomic mass is 10.0. The predicted molar refractivity (Wildman–Crippen MR) is 172 cm³/mol. The molecule has 0 radical (unpaired) electrons. The van der Waals surface area contributed by atoms with E-state index in [0.29, 0.717) is 36.9 Å². The van der Waals surface area contributed by atoms with Gasteiger partial charge in [-0.3, -0.25) is 19.4 Å². The van der Waals surface area contributed by atoms with Gasteiger partial charge in [-0.05, 0) is 49.9 Å². The average Bonchev–Trinajstić information content (AvgIpc) is 3.43. The van der Waals surface area contributed by atoms with Crippen molar-refractivity contribution in [3.05, 3.63) is 65.2 Å². The molecule has 2 aromatic carbocycles. The number of nitrogens with one attached hydrogen (secondary N) is 3. The molecule has 0 fully saturated rings. The number of ketones is 1. The Morgan fingerprint density at radius 2 is 1.61 bits per heavy atom. The van der Waals surface area contributed by atoms with Crippen LogP contribution in [0.2, 0.25) is 0 Å². The first-order valence-electron chi connectivity index (χ1n) is 14.3. The van der Waals surface area contributed by atoms with Crippen molar-refractivity contribution in [1.82, 2.24) is 20.3 Å². The molecular formula is C29H40N8O5S2. The van der Waals surface area contributed by atoms with Gasteiger partial charge in [0, 0.05) is 6.54 Å². The molecule has 2 amide bonds. The molecule has 1 aromatic heterocycles. The number of amides is 2. The van der Waals surface area contributed by atoms with Gasteiger partial charge in [-0.15, -0.1) is 11.3 Å². The van der Waals surface area contributed by atoms with Gasteiger partial charge in [0.1, 0.15) is 6.04 Å². The van der Waals surface area contributed by atoms with Crippen LogP contribution in [0, 0.1) is 0 Å². The van der Waals surface area contributed by atoms with Crippen molar-refractivity contribution in [2.75, 3.05) is 19.6 Å². The Kier molecular flexibility index (Phi) is 13.7. The number of nitrogens with zero attached hydrogens (tertiary/aromatic N) is 2. The molecule has 2 atom stereocenters. The van der Waals surface area contributed by atoms with E-state index in [1.807, 2.05) is 24.3 Å². The molecule has 3 aromatic rings. The topological polar surface area (TPSA) is 225 Å². The summed E-state index contributed by atoms with van der Waals surface area (Å²) in [5, 5.41) is 5.51. The molecule has 15 heteroatoms. The third-order valence-corrected chi connectivity index (χ3v) is 8.97. The SMILES string of the molecule is NCCCCC[C@H](NC(=O)CNC(=O)[C@@H](CCCN=C(N)N)NS(=O)(=O)Cc1ccccc1)C(=O)c1nc2ccccc2s1. The number of nitrogens with two attached hydrogens (primary N) is 3. The second-order valence-corrected chi connectivity index (χ2v) is 13.0. The highest BCUT2D eigenvalue weighted by atomic mass is 32.2. The van der Waals surface area contributed by atoms with Crippen LogP contribution in [-0.4, -0.2) is 68.7 Å². The first-order chi connectivity index (χ1) is 21.1. The van der Waals surface area contributed by atoms with Gasteiger partial charge in [-0.1, -0.05) is 55.3 Å². The molecule has 44 heavy (non-hydrogen) atoms. The highest BCUT2D eigenvalue weighted by Crippen LogP contribution is 2.23. The number of carbonyl (C=O) groups excluding carboxylic acids is 3. The molecule has 0 aliphatic rings. The fourth-order valence-corrected chi connectivity index (χ4v) is 6.73. The van der Waals surface area contributed by atoms with Crippen molar-refractivity contribution in [3.63, 3.8) is 0 Å². The fourth-order valence-electron chi connectivity index (χ4n) is 4.40. The van der Waals surface area contributed by atoms with Crippen LogP contribution in [-0.2, 0) is 25.4 Å². The number of para-hydroxylation sites is 1. The molecule has 0 saturated heterocycles. The summed E-state index contributed by atoms with van der Waals surface area (Å²) in [6.07, 6.45) is 3.00. The smallest absolute Gasteiger partial charge is 0.239 e. The number of aromatic nitrogens is 1. The summed E-state index contributed by atoms with van der Waals surface area (Å²) >= 11 is 1.25. The highest BCUT2D eigenvalue weighted by molar-refractivity contribution is 7.88. The van der Waals surface area contributed by atoms with Crippen LogP contribution in [0.1, 0.15) is 53.9 Å². The van der Waals surface area contributed by atoms with Crippen LogP contribution in [0.5, 0.6) is 0 Å². The molecule has 238 valence electrons. The zero-order valence-corrected chi connectivity index (χ0v) is 26.0. The largest absolute Gasteiger partial charge is 0.370 e. The fraction of sp³-hybridized carbons (Fsp3) is 0.414. The average molecular weight is 645 g/mol. The van der Waals surface area contributed by atoms with Gasteiger partial charge in [-0.2, -0.15) is 0 Å². The Bertz CT molecular complexity index is 1490. The summed E-state index contributed by atoms with van der Waals surface area (Å²) in [5.74, 6) is -2.05. The quantitative estimate of drug-likeness (QED) is 0.0475. The summed E-state index contributed by atoms with van der Waals surface area (Å²) < 4.78 is 29.0. The van der Waals surface area contributed by atoms with E-state index < -0.39 is 40.5 Å². The Labute approximate surface area is 261 Å². The van der Waals surface area contributed by atoms with Crippen LogP contribution in [0.25, 0.3) is 10.2 Å².